The Morgan fingerprint density at radius 2 is 2.04 bits per heavy atom. The molecule has 0 amide bonds. The van der Waals surface area contributed by atoms with Crippen molar-refractivity contribution in [1.82, 2.24) is 24.7 Å². The largest absolute Gasteiger partial charge is 0.250 e. The molecule has 3 rings (SSSR count). The van der Waals surface area contributed by atoms with E-state index >= 15 is 0 Å². The van der Waals surface area contributed by atoms with E-state index in [1.54, 1.807) is 30.0 Å². The molecule has 24 heavy (non-hydrogen) atoms. The van der Waals surface area contributed by atoms with Gasteiger partial charge in [0.2, 0.25) is 4.77 Å². The van der Waals surface area contributed by atoms with Gasteiger partial charge in [-0.25, -0.2) is 9.07 Å². The Balaban J connectivity index is 1.89. The van der Waals surface area contributed by atoms with E-state index in [0.29, 0.717) is 27.9 Å². The number of aromatic nitrogens is 5. The van der Waals surface area contributed by atoms with Crippen molar-refractivity contribution in [3.05, 3.63) is 62.7 Å². The van der Waals surface area contributed by atoms with Gasteiger partial charge in [0.15, 0.2) is 0 Å². The Morgan fingerprint density at radius 1 is 1.33 bits per heavy atom. The number of halogens is 2. The van der Waals surface area contributed by atoms with Crippen molar-refractivity contribution in [3.8, 4) is 0 Å². The summed E-state index contributed by atoms with van der Waals surface area (Å²) in [4.78, 5) is 0. The van der Waals surface area contributed by atoms with Gasteiger partial charge in [-0.2, -0.15) is 20.0 Å². The Morgan fingerprint density at radius 3 is 2.67 bits per heavy atom. The summed E-state index contributed by atoms with van der Waals surface area (Å²) in [6, 6.07) is 6.21. The molecule has 0 aliphatic carbocycles. The number of aryl methyl sites for hydroxylation is 2. The van der Waals surface area contributed by atoms with Crippen LogP contribution in [-0.4, -0.2) is 30.9 Å². The molecule has 0 unspecified atom stereocenters. The van der Waals surface area contributed by atoms with Gasteiger partial charge in [0.1, 0.15) is 16.8 Å². The van der Waals surface area contributed by atoms with E-state index in [-0.39, 0.29) is 5.82 Å². The van der Waals surface area contributed by atoms with Crippen molar-refractivity contribution in [2.24, 2.45) is 5.10 Å². The minimum atomic E-state index is -0.276. The lowest BCUT2D eigenvalue weighted by Crippen LogP contribution is -2.02. The molecule has 0 saturated heterocycles. The van der Waals surface area contributed by atoms with Gasteiger partial charge >= 0.3 is 0 Å². The molecule has 0 radical (unpaired) electrons. The van der Waals surface area contributed by atoms with E-state index in [2.05, 4.69) is 20.4 Å². The minimum Gasteiger partial charge on any atom is -0.250 e. The lowest BCUT2D eigenvalue weighted by Gasteiger charge is -2.03. The van der Waals surface area contributed by atoms with Crippen molar-refractivity contribution in [2.45, 2.75) is 20.4 Å². The van der Waals surface area contributed by atoms with Crippen LogP contribution in [-0.2, 0) is 6.54 Å². The number of aromatic amines is 1. The summed E-state index contributed by atoms with van der Waals surface area (Å²) in [5, 5.41) is 15.8. The number of H-pyrrole nitrogens is 1. The predicted molar refractivity (Wildman–Crippen MR) is 92.6 cm³/mol. The molecule has 124 valence electrons. The van der Waals surface area contributed by atoms with Crippen molar-refractivity contribution < 1.29 is 4.39 Å². The molecule has 0 fully saturated rings. The fourth-order valence-corrected chi connectivity index (χ4v) is 2.71. The first-order chi connectivity index (χ1) is 11.5. The van der Waals surface area contributed by atoms with Gasteiger partial charge < -0.3 is 0 Å². The quantitative estimate of drug-likeness (QED) is 0.569. The van der Waals surface area contributed by atoms with Gasteiger partial charge in [0.25, 0.3) is 0 Å². The summed E-state index contributed by atoms with van der Waals surface area (Å²) in [5.41, 5.74) is 2.33. The smallest absolute Gasteiger partial charge is 0.216 e. The summed E-state index contributed by atoms with van der Waals surface area (Å²) in [6.45, 7) is 4.07. The number of hydrogen-bond acceptors (Lipinski definition) is 4. The topological polar surface area (TPSA) is 63.8 Å². The number of nitrogens with one attached hydrogen (secondary N) is 1. The first kappa shape index (κ1) is 16.5. The van der Waals surface area contributed by atoms with Crippen LogP contribution in [0.3, 0.4) is 0 Å². The maximum Gasteiger partial charge on any atom is 0.216 e. The normalized spacial score (nSPS) is 11.5. The maximum atomic E-state index is 13.0. The molecule has 1 N–H and O–H groups in total. The fraction of sp³-hybridized carbons (Fsp3) is 0.200. The Hall–Kier alpha value is -2.32. The van der Waals surface area contributed by atoms with Crippen LogP contribution in [0.25, 0.3) is 0 Å². The molecule has 0 spiro atoms. The van der Waals surface area contributed by atoms with Gasteiger partial charge in [0.05, 0.1) is 24.0 Å². The van der Waals surface area contributed by atoms with Crippen LogP contribution in [0, 0.1) is 24.4 Å². The molecule has 0 atom stereocenters. The molecule has 2 aromatic heterocycles. The zero-order chi connectivity index (χ0) is 17.3. The van der Waals surface area contributed by atoms with Gasteiger partial charge in [-0.3, -0.25) is 5.10 Å². The fourth-order valence-electron chi connectivity index (χ4n) is 2.20. The molecule has 0 aliphatic rings. The van der Waals surface area contributed by atoms with Crippen LogP contribution in [0.5, 0.6) is 0 Å². The molecule has 6 nitrogen and oxygen atoms in total. The third-order valence-electron chi connectivity index (χ3n) is 3.47. The number of nitrogens with zero attached hydrogens (tertiary/aromatic N) is 5. The standard InChI is InChI=1S/C15H14ClFN6S/c1-9-13(7-18-23-10(2)19-20-15(23)24)14(16)22(21-9)8-11-3-5-12(17)6-4-11/h3-7H,8H2,1-2H3,(H,20,24). The van der Waals surface area contributed by atoms with Crippen molar-refractivity contribution in [3.63, 3.8) is 0 Å². The van der Waals surface area contributed by atoms with Crippen molar-refractivity contribution in [2.75, 3.05) is 0 Å². The van der Waals surface area contributed by atoms with E-state index in [1.807, 2.05) is 6.92 Å². The average Bonchev–Trinajstić information content (AvgIpc) is 3.00. The molecule has 9 heteroatoms. The average molecular weight is 365 g/mol. The minimum absolute atomic E-state index is 0.276. The summed E-state index contributed by atoms with van der Waals surface area (Å²) >= 11 is 11.5. The number of benzene rings is 1. The van der Waals surface area contributed by atoms with E-state index in [4.69, 9.17) is 23.8 Å². The van der Waals surface area contributed by atoms with Gasteiger partial charge in [-0.05, 0) is 43.8 Å². The molecule has 1 aromatic carbocycles. The summed E-state index contributed by atoms with van der Waals surface area (Å²) in [7, 11) is 0. The lowest BCUT2D eigenvalue weighted by atomic mass is 10.2. The Bertz CT molecular complexity index is 953. The van der Waals surface area contributed by atoms with Gasteiger partial charge in [-0.1, -0.05) is 23.7 Å². The summed E-state index contributed by atoms with van der Waals surface area (Å²) in [6.07, 6.45) is 1.60. The molecule has 0 saturated carbocycles. The maximum absolute atomic E-state index is 13.0. The van der Waals surface area contributed by atoms with Gasteiger partial charge in [-0.15, -0.1) is 0 Å². The zero-order valence-corrected chi connectivity index (χ0v) is 14.6. The lowest BCUT2D eigenvalue weighted by molar-refractivity contribution is 0.624. The van der Waals surface area contributed by atoms with Crippen molar-refractivity contribution >= 4 is 30.0 Å². The van der Waals surface area contributed by atoms with Crippen LogP contribution in [0.2, 0.25) is 5.15 Å². The first-order valence-electron chi connectivity index (χ1n) is 7.11. The summed E-state index contributed by atoms with van der Waals surface area (Å²) < 4.78 is 16.5. The van der Waals surface area contributed by atoms with E-state index < -0.39 is 0 Å². The molecule has 0 bridgehead atoms. The molecule has 3 aromatic rings. The van der Waals surface area contributed by atoms with Crippen LogP contribution in [0.15, 0.2) is 29.4 Å². The molecule has 0 aliphatic heterocycles. The van der Waals surface area contributed by atoms with Crippen LogP contribution in [0.1, 0.15) is 22.6 Å². The zero-order valence-electron chi connectivity index (χ0n) is 13.0. The van der Waals surface area contributed by atoms with Crippen LogP contribution in [0.4, 0.5) is 4.39 Å². The first-order valence-corrected chi connectivity index (χ1v) is 7.90. The number of rotatable bonds is 4. The third-order valence-corrected chi connectivity index (χ3v) is 4.13. The second-order valence-electron chi connectivity index (χ2n) is 5.21. The predicted octanol–water partition coefficient (Wildman–Crippen LogP) is 3.48. The molecular formula is C15H14ClFN6S. The molecular weight excluding hydrogens is 351 g/mol. The highest BCUT2D eigenvalue weighted by molar-refractivity contribution is 7.71. The van der Waals surface area contributed by atoms with E-state index in [1.165, 1.54) is 16.8 Å². The monoisotopic (exact) mass is 364 g/mol. The second kappa shape index (κ2) is 6.66. The highest BCUT2D eigenvalue weighted by Crippen LogP contribution is 2.19. The summed E-state index contributed by atoms with van der Waals surface area (Å²) in [5.74, 6) is 0.366. The number of hydrogen-bond donors (Lipinski definition) is 1. The van der Waals surface area contributed by atoms with E-state index in [9.17, 15) is 4.39 Å². The Kier molecular flexibility index (Phi) is 4.59. The van der Waals surface area contributed by atoms with Crippen LogP contribution < -0.4 is 0 Å². The van der Waals surface area contributed by atoms with Crippen molar-refractivity contribution in [1.29, 1.82) is 0 Å². The SMILES string of the molecule is Cc1nn(Cc2ccc(F)cc2)c(Cl)c1C=Nn1c(C)n[nH]c1=S. The highest BCUT2D eigenvalue weighted by Gasteiger charge is 2.12. The van der Waals surface area contributed by atoms with Gasteiger partial charge in [0, 0.05) is 0 Å². The molecule has 2 heterocycles. The van der Waals surface area contributed by atoms with E-state index in [0.717, 1.165) is 11.3 Å². The highest BCUT2D eigenvalue weighted by atomic mass is 35.5. The third kappa shape index (κ3) is 3.29. The second-order valence-corrected chi connectivity index (χ2v) is 5.95. The van der Waals surface area contributed by atoms with Crippen LogP contribution >= 0.6 is 23.8 Å². The Labute approximate surface area is 147 Å².